The monoisotopic (exact) mass is 401 g/mol. The van der Waals surface area contributed by atoms with Crippen LogP contribution in [-0.2, 0) is 4.79 Å². The van der Waals surface area contributed by atoms with Crippen LogP contribution < -0.4 is 20.1 Å². The zero-order valence-corrected chi connectivity index (χ0v) is 14.6. The maximum Gasteiger partial charge on any atom is 0.387 e. The first-order valence-electron chi connectivity index (χ1n) is 7.40. The number of halogens is 3. The molecule has 0 radical (unpaired) electrons. The lowest BCUT2D eigenvalue weighted by Gasteiger charge is -2.12. The largest absolute Gasteiger partial charge is 0.495 e. The molecule has 2 aromatic carbocycles. The van der Waals surface area contributed by atoms with Gasteiger partial charge in [0.2, 0.25) is 5.91 Å². The van der Waals surface area contributed by atoms with Crippen LogP contribution in [0.2, 0.25) is 5.02 Å². The predicted octanol–water partition coefficient (Wildman–Crippen LogP) is 3.91. The standard InChI is InChI=1S/C16H14ClF2N3O5/c1-26-14-5-3-10(22(24)25)7-12(14)21-15(23)8-20-9-2-4-13(11(17)6-9)27-16(18)19/h2-7,16,20H,8H2,1H3,(H,21,23). The van der Waals surface area contributed by atoms with Crippen molar-refractivity contribution in [3.05, 3.63) is 51.5 Å². The molecule has 0 aliphatic rings. The van der Waals surface area contributed by atoms with Crippen molar-refractivity contribution >= 4 is 34.6 Å². The number of nitro benzene ring substituents is 1. The summed E-state index contributed by atoms with van der Waals surface area (Å²) in [7, 11) is 1.36. The van der Waals surface area contributed by atoms with Gasteiger partial charge in [0, 0.05) is 17.8 Å². The van der Waals surface area contributed by atoms with E-state index in [9.17, 15) is 23.7 Å². The van der Waals surface area contributed by atoms with E-state index >= 15 is 0 Å². The number of methoxy groups -OCH3 is 1. The van der Waals surface area contributed by atoms with Gasteiger partial charge in [-0.25, -0.2) is 0 Å². The van der Waals surface area contributed by atoms with Gasteiger partial charge in [-0.2, -0.15) is 8.78 Å². The topological polar surface area (TPSA) is 103 Å². The summed E-state index contributed by atoms with van der Waals surface area (Å²) in [4.78, 5) is 22.3. The van der Waals surface area contributed by atoms with Crippen molar-refractivity contribution < 1.29 is 28.0 Å². The molecule has 0 aromatic heterocycles. The molecule has 0 unspecified atom stereocenters. The van der Waals surface area contributed by atoms with Crippen LogP contribution in [-0.4, -0.2) is 31.1 Å². The number of nitrogens with one attached hydrogen (secondary N) is 2. The van der Waals surface area contributed by atoms with Gasteiger partial charge < -0.3 is 20.1 Å². The maximum absolute atomic E-state index is 12.2. The highest BCUT2D eigenvalue weighted by atomic mass is 35.5. The first-order valence-corrected chi connectivity index (χ1v) is 7.78. The molecule has 8 nitrogen and oxygen atoms in total. The minimum absolute atomic E-state index is 0.0546. The summed E-state index contributed by atoms with van der Waals surface area (Å²) in [6.07, 6.45) is 0. The van der Waals surface area contributed by atoms with Crippen molar-refractivity contribution in [1.82, 2.24) is 0 Å². The molecule has 144 valence electrons. The quantitative estimate of drug-likeness (QED) is 0.513. The van der Waals surface area contributed by atoms with Gasteiger partial charge in [-0.1, -0.05) is 11.6 Å². The average Bonchev–Trinajstić information content (AvgIpc) is 2.61. The molecule has 2 rings (SSSR count). The second-order valence-electron chi connectivity index (χ2n) is 5.07. The molecule has 0 fully saturated rings. The average molecular weight is 402 g/mol. The fourth-order valence-electron chi connectivity index (χ4n) is 2.09. The maximum atomic E-state index is 12.2. The van der Waals surface area contributed by atoms with Gasteiger partial charge in [-0.05, 0) is 24.3 Å². The second kappa shape index (κ2) is 8.99. The molecule has 11 heteroatoms. The molecule has 2 N–H and O–H groups in total. The number of nitrogens with zero attached hydrogens (tertiary/aromatic N) is 1. The Labute approximate surface area is 157 Å². The van der Waals surface area contributed by atoms with E-state index in [1.54, 1.807) is 0 Å². The van der Waals surface area contributed by atoms with Gasteiger partial charge >= 0.3 is 6.61 Å². The van der Waals surface area contributed by atoms with Crippen LogP contribution in [0.5, 0.6) is 11.5 Å². The van der Waals surface area contributed by atoms with Crippen molar-refractivity contribution in [3.63, 3.8) is 0 Å². The summed E-state index contributed by atoms with van der Waals surface area (Å²) in [5.41, 5.74) is 0.320. The van der Waals surface area contributed by atoms with Gasteiger partial charge in [0.25, 0.3) is 5.69 Å². The molecular formula is C16H14ClF2N3O5. The summed E-state index contributed by atoms with van der Waals surface area (Å²) in [5, 5.41) is 16.0. The van der Waals surface area contributed by atoms with Crippen molar-refractivity contribution in [1.29, 1.82) is 0 Å². The highest BCUT2D eigenvalue weighted by Crippen LogP contribution is 2.30. The van der Waals surface area contributed by atoms with Crippen LogP contribution in [0.25, 0.3) is 0 Å². The molecule has 0 atom stereocenters. The number of benzene rings is 2. The molecule has 0 heterocycles. The summed E-state index contributed by atoms with van der Waals surface area (Å²) in [6.45, 7) is -3.21. The highest BCUT2D eigenvalue weighted by molar-refractivity contribution is 6.32. The molecule has 0 saturated carbocycles. The Bertz CT molecular complexity index is 851. The number of nitro groups is 1. The van der Waals surface area contributed by atoms with Crippen LogP contribution >= 0.6 is 11.6 Å². The number of ether oxygens (including phenoxy) is 2. The summed E-state index contributed by atoms with van der Waals surface area (Å²) in [5.74, 6) is -0.452. The van der Waals surface area contributed by atoms with Crippen LogP contribution in [0, 0.1) is 10.1 Å². The number of carbonyl (C=O) groups is 1. The zero-order chi connectivity index (χ0) is 20.0. The van der Waals surface area contributed by atoms with Crippen molar-refractivity contribution in [2.75, 3.05) is 24.3 Å². The number of alkyl halides is 2. The van der Waals surface area contributed by atoms with Crippen LogP contribution in [0.1, 0.15) is 0 Å². The minimum atomic E-state index is -3.00. The highest BCUT2D eigenvalue weighted by Gasteiger charge is 2.14. The van der Waals surface area contributed by atoms with E-state index in [0.29, 0.717) is 5.69 Å². The number of hydrogen-bond donors (Lipinski definition) is 2. The van der Waals surface area contributed by atoms with E-state index in [-0.39, 0.29) is 34.4 Å². The van der Waals surface area contributed by atoms with Crippen LogP contribution in [0.15, 0.2) is 36.4 Å². The Morgan fingerprint density at radius 2 is 1.96 bits per heavy atom. The van der Waals surface area contributed by atoms with E-state index in [0.717, 1.165) is 0 Å². The summed E-state index contributed by atoms with van der Waals surface area (Å²) >= 11 is 5.83. The van der Waals surface area contributed by atoms with E-state index < -0.39 is 17.4 Å². The molecule has 0 saturated heterocycles. The third kappa shape index (κ3) is 5.68. The van der Waals surface area contributed by atoms with Gasteiger partial charge in [0.15, 0.2) is 0 Å². The fourth-order valence-corrected chi connectivity index (χ4v) is 2.31. The van der Waals surface area contributed by atoms with E-state index in [1.165, 1.54) is 43.5 Å². The normalized spacial score (nSPS) is 10.4. The van der Waals surface area contributed by atoms with Gasteiger partial charge in [0.1, 0.15) is 11.5 Å². The molecule has 1 amide bonds. The molecular weight excluding hydrogens is 388 g/mol. The fraction of sp³-hybridized carbons (Fsp3) is 0.188. The minimum Gasteiger partial charge on any atom is -0.495 e. The van der Waals surface area contributed by atoms with E-state index in [4.69, 9.17) is 16.3 Å². The lowest BCUT2D eigenvalue weighted by Crippen LogP contribution is -2.22. The first-order chi connectivity index (χ1) is 12.8. The Kier molecular flexibility index (Phi) is 6.72. The predicted molar refractivity (Wildman–Crippen MR) is 94.9 cm³/mol. The Morgan fingerprint density at radius 3 is 2.56 bits per heavy atom. The van der Waals surface area contributed by atoms with Crippen LogP contribution in [0.3, 0.4) is 0 Å². The molecule has 0 spiro atoms. The van der Waals surface area contributed by atoms with Gasteiger partial charge in [-0.3, -0.25) is 14.9 Å². The molecule has 0 aliphatic heterocycles. The number of hydrogen-bond acceptors (Lipinski definition) is 6. The summed E-state index contributed by atoms with van der Waals surface area (Å²) < 4.78 is 33.7. The molecule has 27 heavy (non-hydrogen) atoms. The van der Waals surface area contributed by atoms with Crippen molar-refractivity contribution in [2.24, 2.45) is 0 Å². The van der Waals surface area contributed by atoms with E-state index in [1.807, 2.05) is 0 Å². The lowest BCUT2D eigenvalue weighted by atomic mass is 10.2. The van der Waals surface area contributed by atoms with Crippen molar-refractivity contribution in [3.8, 4) is 11.5 Å². The third-order valence-corrected chi connectivity index (χ3v) is 3.56. The summed E-state index contributed by atoms with van der Waals surface area (Å²) in [6, 6.07) is 7.74. The first kappa shape index (κ1) is 20.2. The number of anilines is 2. The number of carbonyl (C=O) groups excluding carboxylic acids is 1. The number of rotatable bonds is 8. The molecule has 2 aromatic rings. The zero-order valence-electron chi connectivity index (χ0n) is 13.9. The van der Waals surface area contributed by atoms with Crippen LogP contribution in [0.4, 0.5) is 25.8 Å². The van der Waals surface area contributed by atoms with Crippen molar-refractivity contribution in [2.45, 2.75) is 6.61 Å². The Balaban J connectivity index is 2.01. The molecule has 0 bridgehead atoms. The number of non-ortho nitro benzene ring substituents is 1. The van der Waals surface area contributed by atoms with E-state index in [2.05, 4.69) is 15.4 Å². The third-order valence-electron chi connectivity index (χ3n) is 3.27. The lowest BCUT2D eigenvalue weighted by molar-refractivity contribution is -0.384. The Morgan fingerprint density at radius 1 is 1.26 bits per heavy atom. The smallest absolute Gasteiger partial charge is 0.387 e. The SMILES string of the molecule is COc1ccc([N+](=O)[O-])cc1NC(=O)CNc1ccc(OC(F)F)c(Cl)c1. The molecule has 0 aliphatic carbocycles. The second-order valence-corrected chi connectivity index (χ2v) is 5.47. The van der Waals surface area contributed by atoms with Gasteiger partial charge in [0.05, 0.1) is 29.3 Å². The Hall–Kier alpha value is -3.14. The number of amides is 1. The van der Waals surface area contributed by atoms with Gasteiger partial charge in [-0.15, -0.1) is 0 Å².